The van der Waals surface area contributed by atoms with Gasteiger partial charge in [0.15, 0.2) is 5.78 Å². The summed E-state index contributed by atoms with van der Waals surface area (Å²) >= 11 is 0. The third-order valence-corrected chi connectivity index (χ3v) is 8.00. The molecule has 0 saturated carbocycles. The van der Waals surface area contributed by atoms with Gasteiger partial charge >= 0.3 is 0 Å². The SMILES string of the molecule is CCCCCCCCN(C)c1ccc(C2=C(O)C(c3ccc(N(C)CCCCCCCC)cc3)C2=O)cc1. The summed E-state index contributed by atoms with van der Waals surface area (Å²) in [6, 6.07) is 16.2. The molecule has 0 amide bonds. The second kappa shape index (κ2) is 15.6. The van der Waals surface area contributed by atoms with E-state index in [4.69, 9.17) is 0 Å². The Bertz CT molecular complexity index is 1010. The number of ketones is 1. The van der Waals surface area contributed by atoms with Crippen LogP contribution in [0.5, 0.6) is 0 Å². The third kappa shape index (κ3) is 8.12. The second-order valence-corrected chi connectivity index (χ2v) is 11.1. The molecule has 2 aromatic carbocycles. The van der Waals surface area contributed by atoms with E-state index in [9.17, 15) is 9.90 Å². The van der Waals surface area contributed by atoms with Crippen LogP contribution in [-0.4, -0.2) is 38.1 Å². The number of hydrogen-bond donors (Lipinski definition) is 1. The van der Waals surface area contributed by atoms with E-state index in [2.05, 4.69) is 62.0 Å². The van der Waals surface area contributed by atoms with Gasteiger partial charge in [-0.25, -0.2) is 0 Å². The lowest BCUT2D eigenvalue weighted by Crippen LogP contribution is -2.28. The van der Waals surface area contributed by atoms with Gasteiger partial charge in [-0.15, -0.1) is 0 Å². The Kier molecular flexibility index (Phi) is 12.2. The van der Waals surface area contributed by atoms with Crippen molar-refractivity contribution >= 4 is 22.7 Å². The minimum absolute atomic E-state index is 0.00358. The van der Waals surface area contributed by atoms with Crippen LogP contribution in [0.25, 0.3) is 5.57 Å². The lowest BCUT2D eigenvalue weighted by atomic mass is 9.75. The van der Waals surface area contributed by atoms with Gasteiger partial charge in [0.05, 0.1) is 5.57 Å². The Labute approximate surface area is 231 Å². The van der Waals surface area contributed by atoms with Crippen LogP contribution < -0.4 is 9.80 Å². The molecule has 1 aliphatic rings. The zero-order valence-electron chi connectivity index (χ0n) is 24.3. The molecule has 0 spiro atoms. The zero-order chi connectivity index (χ0) is 27.3. The number of hydrogen-bond acceptors (Lipinski definition) is 4. The highest BCUT2D eigenvalue weighted by atomic mass is 16.3. The van der Waals surface area contributed by atoms with E-state index in [0.717, 1.165) is 35.6 Å². The maximum atomic E-state index is 13.1. The quantitative estimate of drug-likeness (QED) is 0.200. The van der Waals surface area contributed by atoms with E-state index < -0.39 is 5.92 Å². The lowest BCUT2D eigenvalue weighted by molar-refractivity contribution is -0.116. The van der Waals surface area contributed by atoms with Gasteiger partial charge in [-0.3, -0.25) is 4.79 Å². The molecule has 4 nitrogen and oxygen atoms in total. The summed E-state index contributed by atoms with van der Waals surface area (Å²) < 4.78 is 0. The van der Waals surface area contributed by atoms with Crippen LogP contribution in [-0.2, 0) is 4.79 Å². The number of aliphatic hydroxyl groups is 1. The minimum atomic E-state index is -0.544. The van der Waals surface area contributed by atoms with Gasteiger partial charge in [0.2, 0.25) is 0 Å². The molecular formula is C34H50N2O2. The molecule has 2 aromatic rings. The lowest BCUT2D eigenvalue weighted by Gasteiger charge is -2.29. The summed E-state index contributed by atoms with van der Waals surface area (Å²) in [4.78, 5) is 17.6. The van der Waals surface area contributed by atoms with Crippen LogP contribution in [0.4, 0.5) is 11.4 Å². The average molecular weight is 519 g/mol. The maximum Gasteiger partial charge on any atom is 0.181 e. The van der Waals surface area contributed by atoms with Crippen molar-refractivity contribution in [2.75, 3.05) is 37.0 Å². The summed E-state index contributed by atoms with van der Waals surface area (Å²) in [6.07, 6.45) is 15.5. The monoisotopic (exact) mass is 518 g/mol. The molecule has 1 aliphatic carbocycles. The Morgan fingerprint density at radius 2 is 1.05 bits per heavy atom. The van der Waals surface area contributed by atoms with Gasteiger partial charge in [0.25, 0.3) is 0 Å². The molecule has 0 saturated heterocycles. The van der Waals surface area contributed by atoms with Crippen molar-refractivity contribution in [2.45, 2.75) is 96.8 Å². The number of rotatable bonds is 18. The number of allylic oxidation sites excluding steroid dienone is 2. The number of benzene rings is 2. The van der Waals surface area contributed by atoms with Crippen molar-refractivity contribution < 1.29 is 9.90 Å². The highest BCUT2D eigenvalue weighted by molar-refractivity contribution is 6.31. The molecule has 0 radical (unpaired) electrons. The molecular weight excluding hydrogens is 468 g/mol. The van der Waals surface area contributed by atoms with E-state index in [1.54, 1.807) is 0 Å². The summed E-state index contributed by atoms with van der Waals surface area (Å²) in [5, 5.41) is 10.8. The fourth-order valence-corrected chi connectivity index (χ4v) is 5.38. The van der Waals surface area contributed by atoms with Gasteiger partial charge in [-0.2, -0.15) is 0 Å². The second-order valence-electron chi connectivity index (χ2n) is 11.1. The van der Waals surface area contributed by atoms with E-state index in [-0.39, 0.29) is 11.5 Å². The van der Waals surface area contributed by atoms with E-state index in [1.807, 2.05) is 24.3 Å². The van der Waals surface area contributed by atoms with Crippen molar-refractivity contribution in [1.82, 2.24) is 0 Å². The smallest absolute Gasteiger partial charge is 0.181 e. The number of aliphatic hydroxyl groups excluding tert-OH is 1. The van der Waals surface area contributed by atoms with E-state index in [0.29, 0.717) is 5.57 Å². The Morgan fingerprint density at radius 3 is 1.50 bits per heavy atom. The highest BCUT2D eigenvalue weighted by Crippen LogP contribution is 2.43. The molecule has 0 heterocycles. The Morgan fingerprint density at radius 1 is 0.632 bits per heavy atom. The number of carbonyl (C=O) groups is 1. The topological polar surface area (TPSA) is 43.8 Å². The van der Waals surface area contributed by atoms with Crippen LogP contribution in [0.1, 0.15) is 108 Å². The molecule has 0 bridgehead atoms. The van der Waals surface area contributed by atoms with E-state index >= 15 is 0 Å². The molecule has 4 heteroatoms. The molecule has 1 atom stereocenters. The summed E-state index contributed by atoms with van der Waals surface area (Å²) in [5.74, 6) is -0.349. The normalized spacial score (nSPS) is 15.1. The first-order valence-corrected chi connectivity index (χ1v) is 15.1. The van der Waals surface area contributed by atoms with E-state index in [1.165, 1.54) is 77.0 Å². The largest absolute Gasteiger partial charge is 0.510 e. The Hall–Kier alpha value is -2.75. The number of anilines is 2. The first-order valence-electron chi connectivity index (χ1n) is 15.1. The van der Waals surface area contributed by atoms with Gasteiger partial charge in [0.1, 0.15) is 11.7 Å². The van der Waals surface area contributed by atoms with Crippen LogP contribution in [0.3, 0.4) is 0 Å². The predicted molar refractivity (Wildman–Crippen MR) is 163 cm³/mol. The van der Waals surface area contributed by atoms with Crippen molar-refractivity contribution in [2.24, 2.45) is 0 Å². The van der Waals surface area contributed by atoms with Crippen molar-refractivity contribution in [3.8, 4) is 0 Å². The summed E-state index contributed by atoms with van der Waals surface area (Å²) in [5.41, 5.74) is 4.42. The fourth-order valence-electron chi connectivity index (χ4n) is 5.38. The maximum absolute atomic E-state index is 13.1. The number of Topliss-reactive ketones (excluding diaryl/α,β-unsaturated/α-hetero) is 1. The molecule has 1 unspecified atom stereocenters. The number of unbranched alkanes of at least 4 members (excludes halogenated alkanes) is 10. The molecule has 0 fully saturated rings. The minimum Gasteiger partial charge on any atom is -0.510 e. The summed E-state index contributed by atoms with van der Waals surface area (Å²) in [7, 11) is 4.25. The van der Waals surface area contributed by atoms with Crippen LogP contribution in [0.15, 0.2) is 54.3 Å². The van der Waals surface area contributed by atoms with Crippen molar-refractivity contribution in [1.29, 1.82) is 0 Å². The standard InChI is InChI=1S/C34H50N2O2/c1-5-7-9-11-13-15-25-35(3)29-21-17-27(18-22-29)31-33(37)32(34(31)38)28-19-23-30(24-20-28)36(4)26-16-14-12-10-8-6-2/h17-24,31,37H,5-16,25-26H2,1-4H3. The Balaban J connectivity index is 1.52. The molecule has 38 heavy (non-hydrogen) atoms. The average Bonchev–Trinajstić information content (AvgIpc) is 2.93. The van der Waals surface area contributed by atoms with Crippen LogP contribution in [0.2, 0.25) is 0 Å². The molecule has 1 N–H and O–H groups in total. The molecule has 208 valence electrons. The number of carbonyl (C=O) groups excluding carboxylic acids is 1. The highest BCUT2D eigenvalue weighted by Gasteiger charge is 2.41. The van der Waals surface area contributed by atoms with Crippen LogP contribution >= 0.6 is 0 Å². The predicted octanol–water partition coefficient (Wildman–Crippen LogP) is 8.92. The molecule has 0 aliphatic heterocycles. The van der Waals surface area contributed by atoms with Crippen molar-refractivity contribution in [3.05, 3.63) is 65.4 Å². The van der Waals surface area contributed by atoms with Gasteiger partial charge < -0.3 is 14.9 Å². The van der Waals surface area contributed by atoms with Crippen molar-refractivity contribution in [3.63, 3.8) is 0 Å². The first kappa shape index (κ1) is 29.8. The number of nitrogens with zero attached hydrogens (tertiary/aromatic N) is 2. The molecule has 0 aromatic heterocycles. The summed E-state index contributed by atoms with van der Waals surface area (Å²) in [6.45, 7) is 6.57. The molecule has 3 rings (SSSR count). The zero-order valence-corrected chi connectivity index (χ0v) is 24.3. The first-order chi connectivity index (χ1) is 18.5. The fraction of sp³-hybridized carbons (Fsp3) is 0.559. The van der Waals surface area contributed by atoms with Gasteiger partial charge in [0, 0.05) is 38.6 Å². The third-order valence-electron chi connectivity index (χ3n) is 8.00. The van der Waals surface area contributed by atoms with Gasteiger partial charge in [-0.1, -0.05) is 102 Å². The van der Waals surface area contributed by atoms with Crippen LogP contribution in [0, 0.1) is 0 Å². The van der Waals surface area contributed by atoms with Gasteiger partial charge in [-0.05, 0) is 48.2 Å².